The molecule has 2 rings (SSSR count). The number of hydrogen-bond acceptors (Lipinski definition) is 4. The van der Waals surface area contributed by atoms with Crippen molar-refractivity contribution in [2.75, 3.05) is 4.72 Å². The van der Waals surface area contributed by atoms with Gasteiger partial charge in [-0.2, -0.15) is 0 Å². The van der Waals surface area contributed by atoms with Crippen LogP contribution in [0, 0.1) is 0 Å². The smallest absolute Gasteiger partial charge is 0.262 e. The number of rotatable bonds is 6. The lowest BCUT2D eigenvalue weighted by molar-refractivity contribution is 0.0919. The van der Waals surface area contributed by atoms with E-state index in [0.717, 1.165) is 0 Å². The van der Waals surface area contributed by atoms with Crippen molar-refractivity contribution >= 4 is 21.6 Å². The first-order valence-electron chi connectivity index (χ1n) is 8.69. The van der Waals surface area contributed by atoms with E-state index in [0.29, 0.717) is 17.0 Å². The topological polar surface area (TPSA) is 84.5 Å². The number of sulfonamides is 1. The lowest BCUT2D eigenvalue weighted by atomic mass is 10.1. The highest BCUT2D eigenvalue weighted by molar-refractivity contribution is 7.92. The summed E-state index contributed by atoms with van der Waals surface area (Å²) in [5.74, 6) is 0.201. The fourth-order valence-corrected chi connectivity index (χ4v) is 3.38. The van der Waals surface area contributed by atoms with E-state index < -0.39 is 10.0 Å². The van der Waals surface area contributed by atoms with Crippen molar-refractivity contribution in [3.8, 4) is 5.75 Å². The molecule has 0 saturated carbocycles. The first kappa shape index (κ1) is 20.8. The Morgan fingerprint density at radius 2 is 1.59 bits per heavy atom. The number of amides is 1. The van der Waals surface area contributed by atoms with Crippen LogP contribution < -0.4 is 14.8 Å². The normalized spacial score (nSPS) is 11.9. The summed E-state index contributed by atoms with van der Waals surface area (Å²) < 4.78 is 33.6. The number of hydrogen-bond donors (Lipinski definition) is 2. The van der Waals surface area contributed by atoms with Gasteiger partial charge in [0.05, 0.1) is 16.7 Å². The Morgan fingerprint density at radius 3 is 2.15 bits per heavy atom. The van der Waals surface area contributed by atoms with E-state index in [1.807, 2.05) is 34.6 Å². The third kappa shape index (κ3) is 5.99. The van der Waals surface area contributed by atoms with Crippen LogP contribution in [0.15, 0.2) is 53.4 Å². The number of benzene rings is 2. The highest BCUT2D eigenvalue weighted by Gasteiger charge is 2.19. The summed E-state index contributed by atoms with van der Waals surface area (Å²) >= 11 is 0. The molecular weight excluding hydrogens is 364 g/mol. The molecule has 0 aromatic heterocycles. The maximum Gasteiger partial charge on any atom is 0.262 e. The van der Waals surface area contributed by atoms with Gasteiger partial charge in [0, 0.05) is 11.1 Å². The van der Waals surface area contributed by atoms with E-state index in [2.05, 4.69) is 10.0 Å². The summed E-state index contributed by atoms with van der Waals surface area (Å²) in [6.07, 6.45) is -0.0868. The molecule has 0 saturated heterocycles. The van der Waals surface area contributed by atoms with Crippen molar-refractivity contribution in [3.63, 3.8) is 0 Å². The Bertz CT molecular complexity index is 898. The average Bonchev–Trinajstić information content (AvgIpc) is 2.54. The van der Waals surface area contributed by atoms with Gasteiger partial charge in [-0.15, -0.1) is 0 Å². The molecule has 146 valence electrons. The van der Waals surface area contributed by atoms with Crippen LogP contribution in [0.3, 0.4) is 0 Å². The van der Waals surface area contributed by atoms with Crippen LogP contribution >= 0.6 is 0 Å². The van der Waals surface area contributed by atoms with Crippen LogP contribution in [-0.2, 0) is 10.0 Å². The van der Waals surface area contributed by atoms with Crippen LogP contribution in [0.2, 0.25) is 0 Å². The lowest BCUT2D eigenvalue weighted by Gasteiger charge is -2.20. The molecular formula is C20H26N2O4S. The molecule has 2 N–H and O–H groups in total. The van der Waals surface area contributed by atoms with Crippen LogP contribution in [0.4, 0.5) is 5.69 Å². The third-order valence-electron chi connectivity index (χ3n) is 3.41. The second kappa shape index (κ2) is 8.00. The van der Waals surface area contributed by atoms with Crippen molar-refractivity contribution < 1.29 is 17.9 Å². The molecule has 0 fully saturated rings. The lowest BCUT2D eigenvalue weighted by Crippen LogP contribution is -2.40. The van der Waals surface area contributed by atoms with Crippen molar-refractivity contribution in [3.05, 3.63) is 54.1 Å². The minimum absolute atomic E-state index is 0.0640. The number of carbonyl (C=O) groups excluding carboxylic acids is 1. The van der Waals surface area contributed by atoms with Gasteiger partial charge in [-0.05, 0) is 71.0 Å². The molecule has 2 aromatic rings. The Balaban J connectivity index is 2.22. The van der Waals surface area contributed by atoms with Gasteiger partial charge in [0.2, 0.25) is 0 Å². The van der Waals surface area contributed by atoms with Crippen molar-refractivity contribution in [1.29, 1.82) is 0 Å². The SMILES string of the molecule is CC(C)Oc1ccccc1NS(=O)(=O)c1ccc(C(=O)NC(C)(C)C)cc1. The minimum Gasteiger partial charge on any atom is -0.489 e. The molecule has 0 heterocycles. The number of anilines is 1. The summed E-state index contributed by atoms with van der Waals surface area (Å²) in [5.41, 5.74) is 0.386. The predicted molar refractivity (Wildman–Crippen MR) is 107 cm³/mol. The molecule has 0 atom stereocenters. The van der Waals surface area contributed by atoms with E-state index >= 15 is 0 Å². The van der Waals surface area contributed by atoms with Crippen LogP contribution in [-0.4, -0.2) is 26.0 Å². The van der Waals surface area contributed by atoms with E-state index in [-0.39, 0.29) is 22.4 Å². The highest BCUT2D eigenvalue weighted by Crippen LogP contribution is 2.27. The van der Waals surface area contributed by atoms with Crippen molar-refractivity contribution in [1.82, 2.24) is 5.32 Å². The first-order valence-corrected chi connectivity index (χ1v) is 10.2. The molecule has 6 nitrogen and oxygen atoms in total. The van der Waals surface area contributed by atoms with E-state index in [4.69, 9.17) is 4.74 Å². The van der Waals surface area contributed by atoms with Gasteiger partial charge in [0.25, 0.3) is 15.9 Å². The number of ether oxygens (including phenoxy) is 1. The largest absolute Gasteiger partial charge is 0.489 e. The maximum atomic E-state index is 12.7. The van der Waals surface area contributed by atoms with Crippen LogP contribution in [0.25, 0.3) is 0 Å². The molecule has 0 bridgehead atoms. The fraction of sp³-hybridized carbons (Fsp3) is 0.350. The summed E-state index contributed by atoms with van der Waals surface area (Å²) in [6, 6.07) is 12.7. The second-order valence-corrected chi connectivity index (χ2v) is 9.18. The quantitative estimate of drug-likeness (QED) is 0.786. The first-order chi connectivity index (χ1) is 12.5. The number of carbonyl (C=O) groups is 1. The van der Waals surface area contributed by atoms with Gasteiger partial charge in [-0.25, -0.2) is 8.42 Å². The van der Waals surface area contributed by atoms with Crippen molar-refractivity contribution in [2.24, 2.45) is 0 Å². The van der Waals surface area contributed by atoms with Gasteiger partial charge in [-0.3, -0.25) is 9.52 Å². The van der Waals surface area contributed by atoms with Gasteiger partial charge < -0.3 is 10.1 Å². The average molecular weight is 391 g/mol. The third-order valence-corrected chi connectivity index (χ3v) is 4.79. The molecule has 0 spiro atoms. The Hall–Kier alpha value is -2.54. The zero-order chi connectivity index (χ0) is 20.2. The van der Waals surface area contributed by atoms with E-state index in [1.54, 1.807) is 24.3 Å². The fourth-order valence-electron chi connectivity index (χ4n) is 2.31. The molecule has 7 heteroatoms. The number of para-hydroxylation sites is 2. The zero-order valence-electron chi connectivity index (χ0n) is 16.2. The molecule has 1 amide bonds. The van der Waals surface area contributed by atoms with Gasteiger partial charge in [0.15, 0.2) is 0 Å². The summed E-state index contributed by atoms with van der Waals surface area (Å²) in [5, 5.41) is 2.84. The van der Waals surface area contributed by atoms with Crippen LogP contribution in [0.1, 0.15) is 45.0 Å². The summed E-state index contributed by atoms with van der Waals surface area (Å²) in [7, 11) is -3.81. The summed E-state index contributed by atoms with van der Waals surface area (Å²) in [4.78, 5) is 12.2. The monoisotopic (exact) mass is 390 g/mol. The van der Waals surface area contributed by atoms with Gasteiger partial charge in [-0.1, -0.05) is 12.1 Å². The standard InChI is InChI=1S/C20H26N2O4S/c1-14(2)26-18-9-7-6-8-17(18)22-27(24,25)16-12-10-15(11-13-16)19(23)21-20(3,4)5/h6-14,22H,1-5H3,(H,21,23). The Morgan fingerprint density at radius 1 is 1.00 bits per heavy atom. The van der Waals surface area contributed by atoms with Crippen LogP contribution in [0.5, 0.6) is 5.75 Å². The maximum absolute atomic E-state index is 12.7. The van der Waals surface area contributed by atoms with Gasteiger partial charge >= 0.3 is 0 Å². The van der Waals surface area contributed by atoms with Gasteiger partial charge in [0.1, 0.15) is 5.75 Å². The molecule has 0 aliphatic rings. The minimum atomic E-state index is -3.81. The number of nitrogens with one attached hydrogen (secondary N) is 2. The molecule has 0 unspecified atom stereocenters. The summed E-state index contributed by atoms with van der Waals surface area (Å²) in [6.45, 7) is 9.37. The molecule has 0 radical (unpaired) electrons. The second-order valence-electron chi connectivity index (χ2n) is 7.50. The van der Waals surface area contributed by atoms with E-state index in [1.165, 1.54) is 24.3 Å². The van der Waals surface area contributed by atoms with Crippen molar-refractivity contribution in [2.45, 2.75) is 51.2 Å². The Labute approximate surface area is 161 Å². The Kier molecular flexibility index (Phi) is 6.15. The molecule has 0 aliphatic carbocycles. The predicted octanol–water partition coefficient (Wildman–Crippen LogP) is 3.80. The molecule has 0 aliphatic heterocycles. The zero-order valence-corrected chi connectivity index (χ0v) is 17.1. The molecule has 2 aromatic carbocycles. The molecule has 27 heavy (non-hydrogen) atoms. The van der Waals surface area contributed by atoms with E-state index in [9.17, 15) is 13.2 Å². The highest BCUT2D eigenvalue weighted by atomic mass is 32.2.